The van der Waals surface area contributed by atoms with Gasteiger partial charge in [-0.1, -0.05) is 42.5 Å². The second-order valence-electron chi connectivity index (χ2n) is 7.58. The largest absolute Gasteiger partial charge is 0.471 e. The van der Waals surface area contributed by atoms with Gasteiger partial charge in [0.1, 0.15) is 13.2 Å². The van der Waals surface area contributed by atoms with Crippen LogP contribution < -0.4 is 15.3 Å². The van der Waals surface area contributed by atoms with Crippen LogP contribution in [0.4, 0.5) is 0 Å². The van der Waals surface area contributed by atoms with Gasteiger partial charge in [-0.25, -0.2) is 4.98 Å². The molecule has 0 unspecified atom stereocenters. The number of hydrogen-bond donors (Lipinski definition) is 0. The van der Waals surface area contributed by atoms with Gasteiger partial charge in [0.25, 0.3) is 0 Å². The zero-order chi connectivity index (χ0) is 21.8. The quantitative estimate of drug-likeness (QED) is 0.478. The van der Waals surface area contributed by atoms with Crippen molar-refractivity contribution >= 4 is 12.2 Å². The van der Waals surface area contributed by atoms with Gasteiger partial charge in [0.15, 0.2) is 0 Å². The Morgan fingerprint density at radius 2 is 1.75 bits per heavy atom. The summed E-state index contributed by atoms with van der Waals surface area (Å²) in [5, 5.41) is 15.7. The molecular formula is C26H21N5O. The molecule has 0 spiro atoms. The Hall–Kier alpha value is -4.24. The Morgan fingerprint density at radius 3 is 2.56 bits per heavy atom. The minimum Gasteiger partial charge on any atom is -0.471 e. The smallest absolute Gasteiger partial charge is 0.241 e. The lowest BCUT2D eigenvalue weighted by atomic mass is 10.1. The number of ether oxygens (including phenoxy) is 1. The maximum absolute atomic E-state index is 9.01. The number of pyridine rings is 2. The molecule has 5 rings (SSSR count). The van der Waals surface area contributed by atoms with Crippen LogP contribution in [0.1, 0.15) is 18.4 Å². The Bertz CT molecular complexity index is 1400. The maximum Gasteiger partial charge on any atom is 0.241 e. The molecule has 3 heterocycles. The lowest BCUT2D eigenvalue weighted by Gasteiger charge is -2.08. The first-order valence-corrected chi connectivity index (χ1v) is 10.5. The van der Waals surface area contributed by atoms with Crippen molar-refractivity contribution in [1.29, 1.82) is 5.26 Å². The molecule has 1 aromatic carbocycles. The van der Waals surface area contributed by atoms with Crippen LogP contribution in [0, 0.1) is 11.3 Å². The van der Waals surface area contributed by atoms with E-state index in [-0.39, 0.29) is 6.54 Å². The van der Waals surface area contributed by atoms with E-state index in [1.54, 1.807) is 17.1 Å². The van der Waals surface area contributed by atoms with Gasteiger partial charge in [-0.05, 0) is 47.4 Å². The first-order chi connectivity index (χ1) is 15.8. The lowest BCUT2D eigenvalue weighted by molar-refractivity contribution is 0.291. The third-order valence-corrected chi connectivity index (χ3v) is 5.40. The Kier molecular flexibility index (Phi) is 5.46. The topological polar surface area (TPSA) is 76.6 Å². The summed E-state index contributed by atoms with van der Waals surface area (Å²) in [5.74, 6) is 0.499. The number of rotatable bonds is 6. The van der Waals surface area contributed by atoms with Crippen LogP contribution in [0.2, 0.25) is 0 Å². The molecule has 1 aliphatic carbocycles. The fraction of sp³-hybridized carbons (Fsp3) is 0.154. The third kappa shape index (κ3) is 4.14. The van der Waals surface area contributed by atoms with Crippen LogP contribution in [-0.2, 0) is 13.2 Å². The number of hydrogen-bond acceptors (Lipinski definition) is 5. The van der Waals surface area contributed by atoms with Crippen LogP contribution >= 0.6 is 0 Å². The average molecular weight is 419 g/mol. The van der Waals surface area contributed by atoms with Crippen molar-refractivity contribution in [3.63, 3.8) is 0 Å². The van der Waals surface area contributed by atoms with Gasteiger partial charge in [0.05, 0.1) is 22.7 Å². The molecule has 0 amide bonds. The Balaban J connectivity index is 1.35. The molecule has 0 aliphatic heterocycles. The molecule has 32 heavy (non-hydrogen) atoms. The van der Waals surface area contributed by atoms with E-state index >= 15 is 0 Å². The molecule has 0 bridgehead atoms. The van der Waals surface area contributed by atoms with Crippen LogP contribution in [-0.4, -0.2) is 19.7 Å². The molecule has 0 radical (unpaired) electrons. The molecule has 0 fully saturated rings. The van der Waals surface area contributed by atoms with Crippen molar-refractivity contribution in [3.8, 4) is 34.3 Å². The standard InChI is InChI=1S/C26H21N5O/c27-13-16-31-17-23(20-11-14-28-15-12-20)26(30-31)32-18-19-5-7-22(8-6-19)25-10-9-21-3-1-2-4-24(21)29-25/h3-12,14-15,17H,1-2,16,18H2. The third-order valence-electron chi connectivity index (χ3n) is 5.40. The van der Waals surface area contributed by atoms with Gasteiger partial charge in [0.2, 0.25) is 5.88 Å². The molecule has 3 aromatic heterocycles. The molecule has 6 nitrogen and oxygen atoms in total. The van der Waals surface area contributed by atoms with Crippen molar-refractivity contribution in [3.05, 3.63) is 83.3 Å². The van der Waals surface area contributed by atoms with E-state index in [2.05, 4.69) is 52.6 Å². The molecule has 0 saturated carbocycles. The van der Waals surface area contributed by atoms with Gasteiger partial charge >= 0.3 is 0 Å². The van der Waals surface area contributed by atoms with Gasteiger partial charge in [0, 0.05) is 24.2 Å². The summed E-state index contributed by atoms with van der Waals surface area (Å²) in [5.41, 5.74) is 4.86. The summed E-state index contributed by atoms with van der Waals surface area (Å²) >= 11 is 0. The monoisotopic (exact) mass is 419 g/mol. The van der Waals surface area contributed by atoms with E-state index in [0.29, 0.717) is 12.5 Å². The van der Waals surface area contributed by atoms with E-state index in [1.807, 2.05) is 30.5 Å². The van der Waals surface area contributed by atoms with Crippen molar-refractivity contribution in [1.82, 2.24) is 19.7 Å². The van der Waals surface area contributed by atoms with Crippen LogP contribution in [0.25, 0.3) is 34.5 Å². The molecule has 0 N–H and O–H groups in total. The predicted molar refractivity (Wildman–Crippen MR) is 122 cm³/mol. The van der Waals surface area contributed by atoms with Crippen LogP contribution in [0.5, 0.6) is 5.88 Å². The van der Waals surface area contributed by atoms with Crippen molar-refractivity contribution < 1.29 is 4.74 Å². The molecule has 0 atom stereocenters. The van der Waals surface area contributed by atoms with E-state index < -0.39 is 0 Å². The van der Waals surface area contributed by atoms with Gasteiger partial charge in [-0.2, -0.15) is 5.26 Å². The summed E-state index contributed by atoms with van der Waals surface area (Å²) in [6, 6.07) is 18.4. The fourth-order valence-corrected chi connectivity index (χ4v) is 3.76. The summed E-state index contributed by atoms with van der Waals surface area (Å²) in [6.45, 7) is 0.543. The van der Waals surface area contributed by atoms with Gasteiger partial charge < -0.3 is 4.74 Å². The molecule has 156 valence electrons. The van der Waals surface area contributed by atoms with Gasteiger partial charge in [-0.15, -0.1) is 5.10 Å². The SMILES string of the molecule is N#CCn1cc(-c2ccncc2)c(OCc2ccc(-c3ccc4c(n3)=CCCC=4)cc2)n1. The average Bonchev–Trinajstić information content (AvgIpc) is 3.26. The van der Waals surface area contributed by atoms with Crippen molar-refractivity contribution in [2.75, 3.05) is 0 Å². The number of fused-ring (bicyclic) bond motifs is 1. The summed E-state index contributed by atoms with van der Waals surface area (Å²) in [7, 11) is 0. The van der Waals surface area contributed by atoms with Crippen molar-refractivity contribution in [2.45, 2.75) is 26.0 Å². The number of nitriles is 1. The van der Waals surface area contributed by atoms with E-state index in [1.165, 1.54) is 5.22 Å². The molecular weight excluding hydrogens is 398 g/mol. The van der Waals surface area contributed by atoms with E-state index in [0.717, 1.165) is 46.1 Å². The number of nitrogens with zero attached hydrogens (tertiary/aromatic N) is 5. The molecule has 0 saturated heterocycles. The summed E-state index contributed by atoms with van der Waals surface area (Å²) in [4.78, 5) is 8.87. The Morgan fingerprint density at radius 1 is 0.938 bits per heavy atom. The zero-order valence-electron chi connectivity index (χ0n) is 17.5. The van der Waals surface area contributed by atoms with E-state index in [9.17, 15) is 0 Å². The van der Waals surface area contributed by atoms with Crippen molar-refractivity contribution in [2.24, 2.45) is 0 Å². The highest BCUT2D eigenvalue weighted by molar-refractivity contribution is 5.67. The second kappa shape index (κ2) is 8.86. The Labute approximate surface area is 185 Å². The number of aromatic nitrogens is 4. The van der Waals surface area contributed by atoms with E-state index in [4.69, 9.17) is 15.0 Å². The second-order valence-corrected chi connectivity index (χ2v) is 7.58. The predicted octanol–water partition coefficient (Wildman–Crippen LogP) is 3.46. The van der Waals surface area contributed by atoms with Gasteiger partial charge in [-0.3, -0.25) is 9.67 Å². The molecule has 4 aromatic rings. The minimum absolute atomic E-state index is 0.166. The number of benzene rings is 1. The summed E-state index contributed by atoms with van der Waals surface area (Å²) < 4.78 is 7.63. The fourth-order valence-electron chi connectivity index (χ4n) is 3.76. The highest BCUT2D eigenvalue weighted by Crippen LogP contribution is 2.29. The normalized spacial score (nSPS) is 12.2. The maximum atomic E-state index is 9.01. The van der Waals surface area contributed by atoms with Crippen LogP contribution in [0.15, 0.2) is 67.1 Å². The minimum atomic E-state index is 0.166. The highest BCUT2D eigenvalue weighted by Gasteiger charge is 2.13. The lowest BCUT2D eigenvalue weighted by Crippen LogP contribution is -2.29. The van der Waals surface area contributed by atoms with Crippen LogP contribution in [0.3, 0.4) is 0 Å². The highest BCUT2D eigenvalue weighted by atomic mass is 16.5. The first kappa shape index (κ1) is 19.7. The zero-order valence-corrected chi connectivity index (χ0v) is 17.5. The summed E-state index contributed by atoms with van der Waals surface area (Å²) in [6.07, 6.45) is 11.9. The molecule has 6 heteroatoms. The molecule has 1 aliphatic rings. The first-order valence-electron chi connectivity index (χ1n) is 10.5.